The first-order valence-corrected chi connectivity index (χ1v) is 9.20. The van der Waals surface area contributed by atoms with E-state index in [1.54, 1.807) is 24.3 Å². The average molecular weight is 355 g/mol. The van der Waals surface area contributed by atoms with Gasteiger partial charge >= 0.3 is 0 Å². The fraction of sp³-hybridized carbons (Fsp3) is 0.111. The first-order chi connectivity index (χ1) is 12.1. The van der Waals surface area contributed by atoms with Gasteiger partial charge in [0, 0.05) is 18.2 Å². The highest BCUT2D eigenvalue weighted by Gasteiger charge is 2.12. The van der Waals surface area contributed by atoms with Gasteiger partial charge < -0.3 is 4.74 Å². The highest BCUT2D eigenvalue weighted by atomic mass is 32.2. The van der Waals surface area contributed by atoms with Crippen molar-refractivity contribution in [2.24, 2.45) is 0 Å². The van der Waals surface area contributed by atoms with Crippen molar-refractivity contribution in [3.8, 4) is 17.1 Å². The van der Waals surface area contributed by atoms with Crippen LogP contribution < -0.4 is 9.46 Å². The molecule has 1 N–H and O–H groups in total. The zero-order valence-electron chi connectivity index (χ0n) is 13.4. The van der Waals surface area contributed by atoms with Crippen molar-refractivity contribution >= 4 is 10.0 Å². The Morgan fingerprint density at radius 3 is 2.16 bits per heavy atom. The Bertz CT molecular complexity index is 899. The summed E-state index contributed by atoms with van der Waals surface area (Å²) in [5.74, 6) is 0.346. The summed E-state index contributed by atoms with van der Waals surface area (Å²) < 4.78 is 32.0. The van der Waals surface area contributed by atoms with Crippen LogP contribution in [0.25, 0.3) is 11.3 Å². The van der Waals surface area contributed by atoms with Gasteiger partial charge in [0.15, 0.2) is 0 Å². The van der Waals surface area contributed by atoms with E-state index in [0.717, 1.165) is 11.3 Å². The van der Waals surface area contributed by atoms with Crippen LogP contribution >= 0.6 is 0 Å². The van der Waals surface area contributed by atoms with Crippen LogP contribution in [-0.4, -0.2) is 31.8 Å². The molecule has 7 heteroatoms. The Morgan fingerprint density at radius 1 is 0.840 bits per heavy atom. The summed E-state index contributed by atoms with van der Waals surface area (Å²) in [6, 6.07) is 21.4. The molecule has 0 atom stereocenters. The van der Waals surface area contributed by atoms with E-state index in [1.165, 1.54) is 12.1 Å². The van der Waals surface area contributed by atoms with Crippen LogP contribution in [-0.2, 0) is 10.0 Å². The second kappa shape index (κ2) is 7.87. The summed E-state index contributed by atoms with van der Waals surface area (Å²) in [7, 11) is -3.52. The third-order valence-corrected chi connectivity index (χ3v) is 4.88. The van der Waals surface area contributed by atoms with Crippen LogP contribution in [0.15, 0.2) is 77.7 Å². The quantitative estimate of drug-likeness (QED) is 0.659. The molecule has 1 heterocycles. The molecule has 0 radical (unpaired) electrons. The fourth-order valence-electron chi connectivity index (χ4n) is 2.17. The SMILES string of the molecule is O=S(=O)(NCCOc1ccc(-c2ccccc2)nn1)c1ccccc1. The molecule has 0 fully saturated rings. The monoisotopic (exact) mass is 355 g/mol. The third kappa shape index (κ3) is 4.62. The van der Waals surface area contributed by atoms with E-state index in [2.05, 4.69) is 14.9 Å². The highest BCUT2D eigenvalue weighted by Crippen LogP contribution is 2.16. The van der Waals surface area contributed by atoms with Gasteiger partial charge in [-0.15, -0.1) is 10.2 Å². The summed E-state index contributed by atoms with van der Waals surface area (Å²) in [6.45, 7) is 0.296. The smallest absolute Gasteiger partial charge is 0.240 e. The Balaban J connectivity index is 1.51. The minimum Gasteiger partial charge on any atom is -0.475 e. The van der Waals surface area contributed by atoms with E-state index in [9.17, 15) is 8.42 Å². The molecule has 25 heavy (non-hydrogen) atoms. The molecule has 0 amide bonds. The lowest BCUT2D eigenvalue weighted by atomic mass is 10.1. The summed E-state index contributed by atoms with van der Waals surface area (Å²) >= 11 is 0. The van der Waals surface area contributed by atoms with E-state index in [4.69, 9.17) is 4.74 Å². The van der Waals surface area contributed by atoms with Crippen LogP contribution in [0.5, 0.6) is 5.88 Å². The van der Waals surface area contributed by atoms with Gasteiger partial charge in [-0.1, -0.05) is 48.5 Å². The number of hydrogen-bond donors (Lipinski definition) is 1. The summed E-state index contributed by atoms with van der Waals surface area (Å²) in [5, 5.41) is 8.11. The molecular formula is C18H17N3O3S. The van der Waals surface area contributed by atoms with Gasteiger partial charge in [-0.25, -0.2) is 13.1 Å². The predicted octanol–water partition coefficient (Wildman–Crippen LogP) is 2.50. The lowest BCUT2D eigenvalue weighted by molar-refractivity contribution is 0.307. The van der Waals surface area contributed by atoms with Crippen LogP contribution in [0, 0.1) is 0 Å². The standard InChI is InChI=1S/C18H17N3O3S/c22-25(23,16-9-5-2-6-10-16)19-13-14-24-18-12-11-17(20-21-18)15-7-3-1-4-8-15/h1-12,19H,13-14H2. The van der Waals surface area contributed by atoms with E-state index < -0.39 is 10.0 Å². The van der Waals surface area contributed by atoms with Crippen LogP contribution in [0.4, 0.5) is 0 Å². The Hall–Kier alpha value is -2.77. The number of sulfonamides is 1. The molecule has 0 saturated heterocycles. The number of nitrogens with one attached hydrogen (secondary N) is 1. The number of hydrogen-bond acceptors (Lipinski definition) is 5. The number of nitrogens with zero attached hydrogens (tertiary/aromatic N) is 2. The van der Waals surface area contributed by atoms with Gasteiger partial charge in [-0.05, 0) is 18.2 Å². The minimum atomic E-state index is -3.52. The molecule has 1 aromatic heterocycles. The summed E-state index contributed by atoms with van der Waals surface area (Å²) in [6.07, 6.45) is 0. The maximum Gasteiger partial charge on any atom is 0.240 e. The molecular weight excluding hydrogens is 338 g/mol. The van der Waals surface area contributed by atoms with E-state index >= 15 is 0 Å². The molecule has 3 aromatic rings. The number of benzene rings is 2. The zero-order valence-corrected chi connectivity index (χ0v) is 14.2. The van der Waals surface area contributed by atoms with Crippen molar-refractivity contribution in [1.29, 1.82) is 0 Å². The lowest BCUT2D eigenvalue weighted by Crippen LogP contribution is -2.28. The topological polar surface area (TPSA) is 81.2 Å². The third-order valence-electron chi connectivity index (χ3n) is 3.41. The van der Waals surface area contributed by atoms with Crippen LogP contribution in [0.1, 0.15) is 0 Å². The van der Waals surface area contributed by atoms with Gasteiger partial charge in [-0.2, -0.15) is 0 Å². The molecule has 0 bridgehead atoms. The molecule has 2 aromatic carbocycles. The van der Waals surface area contributed by atoms with Crippen molar-refractivity contribution < 1.29 is 13.2 Å². The van der Waals surface area contributed by atoms with Crippen molar-refractivity contribution in [1.82, 2.24) is 14.9 Å². The molecule has 0 unspecified atom stereocenters. The van der Waals surface area contributed by atoms with Crippen molar-refractivity contribution in [3.63, 3.8) is 0 Å². The predicted molar refractivity (Wildman–Crippen MR) is 94.6 cm³/mol. The summed E-state index contributed by atoms with van der Waals surface area (Å²) in [4.78, 5) is 0.224. The van der Waals surface area contributed by atoms with Gasteiger partial charge in [0.05, 0.1) is 10.6 Å². The molecule has 0 aliphatic rings. The molecule has 0 aliphatic heterocycles. The normalized spacial score (nSPS) is 11.2. The lowest BCUT2D eigenvalue weighted by Gasteiger charge is -2.08. The van der Waals surface area contributed by atoms with Crippen LogP contribution in [0.3, 0.4) is 0 Å². The second-order valence-electron chi connectivity index (χ2n) is 5.18. The van der Waals surface area contributed by atoms with E-state index in [1.807, 2.05) is 36.4 Å². The zero-order chi connectivity index (χ0) is 17.5. The molecule has 0 spiro atoms. The average Bonchev–Trinajstić information content (AvgIpc) is 2.67. The second-order valence-corrected chi connectivity index (χ2v) is 6.95. The van der Waals surface area contributed by atoms with E-state index in [-0.39, 0.29) is 18.0 Å². The number of rotatable bonds is 7. The summed E-state index contributed by atoms with van der Waals surface area (Å²) in [5.41, 5.74) is 1.72. The van der Waals surface area contributed by atoms with Gasteiger partial charge in [-0.3, -0.25) is 0 Å². The Kier molecular flexibility index (Phi) is 5.37. The highest BCUT2D eigenvalue weighted by molar-refractivity contribution is 7.89. The molecule has 6 nitrogen and oxygen atoms in total. The minimum absolute atomic E-state index is 0.138. The molecule has 0 aliphatic carbocycles. The first-order valence-electron chi connectivity index (χ1n) is 7.72. The number of ether oxygens (including phenoxy) is 1. The van der Waals surface area contributed by atoms with Gasteiger partial charge in [0.25, 0.3) is 0 Å². The Labute approximate surface area is 146 Å². The van der Waals surface area contributed by atoms with Gasteiger partial charge in [0.2, 0.25) is 15.9 Å². The van der Waals surface area contributed by atoms with Crippen LogP contribution in [0.2, 0.25) is 0 Å². The maximum absolute atomic E-state index is 12.1. The largest absolute Gasteiger partial charge is 0.475 e. The molecule has 3 rings (SSSR count). The van der Waals surface area contributed by atoms with Crippen molar-refractivity contribution in [2.75, 3.05) is 13.2 Å². The van der Waals surface area contributed by atoms with E-state index in [0.29, 0.717) is 5.88 Å². The number of aromatic nitrogens is 2. The Morgan fingerprint density at radius 2 is 1.52 bits per heavy atom. The molecule has 128 valence electrons. The van der Waals surface area contributed by atoms with Crippen molar-refractivity contribution in [2.45, 2.75) is 4.90 Å². The fourth-order valence-corrected chi connectivity index (χ4v) is 3.21. The first kappa shape index (κ1) is 17.1. The maximum atomic E-state index is 12.1. The molecule has 0 saturated carbocycles. The van der Waals surface area contributed by atoms with Gasteiger partial charge in [0.1, 0.15) is 6.61 Å². The van der Waals surface area contributed by atoms with Crippen molar-refractivity contribution in [3.05, 3.63) is 72.8 Å².